The number of carbonyl (C=O) groups excluding carboxylic acids is 2. The molecule has 0 amide bonds. The summed E-state index contributed by atoms with van der Waals surface area (Å²) in [5, 5.41) is 3.32. The lowest BCUT2D eigenvalue weighted by Crippen LogP contribution is -2.15. The van der Waals surface area contributed by atoms with Gasteiger partial charge in [-0.15, -0.1) is 0 Å². The second-order valence-corrected chi connectivity index (χ2v) is 11.4. The Bertz CT molecular complexity index is 872. The maximum absolute atomic E-state index is 12.1. The van der Waals surface area contributed by atoms with Crippen molar-refractivity contribution in [2.24, 2.45) is 0 Å². The lowest BCUT2D eigenvalue weighted by Gasteiger charge is -2.09. The van der Waals surface area contributed by atoms with E-state index < -0.39 is 0 Å². The Kier molecular flexibility index (Phi) is 32.4. The molecule has 0 fully saturated rings. The summed E-state index contributed by atoms with van der Waals surface area (Å²) in [5.74, 6) is -0.506. The van der Waals surface area contributed by atoms with Crippen LogP contribution in [0.1, 0.15) is 88.4 Å². The zero-order chi connectivity index (χ0) is 35.3. The van der Waals surface area contributed by atoms with Gasteiger partial charge < -0.3 is 47.9 Å². The van der Waals surface area contributed by atoms with E-state index in [1.54, 1.807) is 12.1 Å². The van der Waals surface area contributed by atoms with Gasteiger partial charge in [-0.2, -0.15) is 0 Å². The fraction of sp³-hybridized carbons (Fsp3) is 0.784. The lowest BCUT2D eigenvalue weighted by molar-refractivity contribution is -0.145. The first kappa shape index (κ1) is 44.7. The summed E-state index contributed by atoms with van der Waals surface area (Å²) in [6.07, 6.45) is 11.0. The second kappa shape index (κ2) is 35.5. The second-order valence-electron chi connectivity index (χ2n) is 11.4. The van der Waals surface area contributed by atoms with Crippen LogP contribution in [0.5, 0.6) is 0 Å². The minimum Gasteiger partial charge on any atom is -0.463 e. The molecule has 1 rings (SSSR count). The molecule has 0 bridgehead atoms. The number of ether oxygens (including phenoxy) is 9. The van der Waals surface area contributed by atoms with Crippen LogP contribution in [0, 0.1) is 0 Å². The molecule has 1 aromatic rings. The van der Waals surface area contributed by atoms with Gasteiger partial charge in [0.15, 0.2) is 0 Å². The quantitative estimate of drug-likeness (QED) is 0.0660. The number of rotatable bonds is 37. The van der Waals surface area contributed by atoms with E-state index in [4.69, 9.17) is 42.6 Å². The molecule has 1 aromatic carbocycles. The molecule has 49 heavy (non-hydrogen) atoms. The van der Waals surface area contributed by atoms with E-state index in [2.05, 4.69) is 19.2 Å². The predicted octanol–water partition coefficient (Wildman–Crippen LogP) is 5.86. The summed E-state index contributed by atoms with van der Waals surface area (Å²) in [6, 6.07) is 7.29. The van der Waals surface area contributed by atoms with Gasteiger partial charge in [0.25, 0.3) is 0 Å². The van der Waals surface area contributed by atoms with Crippen molar-refractivity contribution in [3.8, 4) is 0 Å². The van der Waals surface area contributed by atoms with Crippen molar-refractivity contribution in [3.63, 3.8) is 0 Å². The van der Waals surface area contributed by atoms with Gasteiger partial charge in [0, 0.05) is 18.7 Å². The Labute approximate surface area is 295 Å². The number of hydrogen-bond acceptors (Lipinski definition) is 12. The molecule has 0 spiro atoms. The molecule has 0 aliphatic rings. The highest BCUT2D eigenvalue weighted by atomic mass is 16.6. The Balaban J connectivity index is 1.72. The number of hydrogen-bond donors (Lipinski definition) is 1. The molecule has 0 heterocycles. The van der Waals surface area contributed by atoms with Crippen LogP contribution in [-0.2, 0) is 47.4 Å². The van der Waals surface area contributed by atoms with Crippen molar-refractivity contribution in [2.45, 2.75) is 78.1 Å². The summed E-state index contributed by atoms with van der Waals surface area (Å²) in [6.45, 7) is 12.0. The molecule has 12 nitrogen and oxygen atoms in total. The lowest BCUT2D eigenvalue weighted by atomic mass is 10.1. The Morgan fingerprint density at radius 2 is 0.857 bits per heavy atom. The molecule has 0 saturated carbocycles. The van der Waals surface area contributed by atoms with E-state index in [1.807, 2.05) is 12.1 Å². The average Bonchev–Trinajstić information content (AvgIpc) is 3.11. The highest BCUT2D eigenvalue weighted by Crippen LogP contribution is 2.11. The van der Waals surface area contributed by atoms with Crippen molar-refractivity contribution in [1.82, 2.24) is 0 Å². The summed E-state index contributed by atoms with van der Waals surface area (Å²) in [7, 11) is 0. The van der Waals surface area contributed by atoms with Gasteiger partial charge in [-0.1, -0.05) is 58.8 Å². The van der Waals surface area contributed by atoms with Gasteiger partial charge in [-0.05, 0) is 37.1 Å². The number of anilines is 1. The minimum absolute atomic E-state index is 0.144. The first-order chi connectivity index (χ1) is 24.2. The van der Waals surface area contributed by atoms with Gasteiger partial charge in [0.1, 0.15) is 13.2 Å². The van der Waals surface area contributed by atoms with Crippen LogP contribution in [0.25, 0.3) is 0 Å². The molecule has 0 radical (unpaired) electrons. The SMILES string of the molecule is CCCCCCCCCC(=O)OCCOCCOCCOCCOCCOCCOCCOCCOC(=O)c1ccc(NCCCC)cc1. The summed E-state index contributed by atoms with van der Waals surface area (Å²) < 4.78 is 48.7. The molecule has 0 atom stereocenters. The molecular formula is C37H65NO11. The Morgan fingerprint density at radius 1 is 0.469 bits per heavy atom. The highest BCUT2D eigenvalue weighted by Gasteiger charge is 2.07. The van der Waals surface area contributed by atoms with E-state index in [9.17, 15) is 9.59 Å². The van der Waals surface area contributed by atoms with Crippen molar-refractivity contribution < 1.29 is 52.2 Å². The topological polar surface area (TPSA) is 129 Å². The summed E-state index contributed by atoms with van der Waals surface area (Å²) >= 11 is 0. The zero-order valence-corrected chi connectivity index (χ0v) is 30.4. The Morgan fingerprint density at radius 3 is 1.31 bits per heavy atom. The highest BCUT2D eigenvalue weighted by molar-refractivity contribution is 5.89. The molecule has 0 aliphatic heterocycles. The van der Waals surface area contributed by atoms with Crippen LogP contribution in [-0.4, -0.2) is 124 Å². The van der Waals surface area contributed by atoms with Gasteiger partial charge in [-0.3, -0.25) is 4.79 Å². The van der Waals surface area contributed by atoms with Gasteiger partial charge in [-0.25, -0.2) is 4.79 Å². The standard InChI is InChI=1S/C37H65NO11/c1-3-5-7-8-9-10-11-12-36(39)48-32-30-46-28-26-44-24-22-42-20-18-41-19-21-43-23-25-45-27-29-47-31-33-49-37(40)34-13-15-35(16-14-34)38-17-6-4-2/h13-16,38H,3-12,17-33H2,1-2H3. The molecule has 0 unspecified atom stereocenters. The summed E-state index contributed by atoms with van der Waals surface area (Å²) in [5.41, 5.74) is 1.51. The van der Waals surface area contributed by atoms with Crippen molar-refractivity contribution >= 4 is 17.6 Å². The van der Waals surface area contributed by atoms with Crippen molar-refractivity contribution in [1.29, 1.82) is 0 Å². The molecule has 12 heteroatoms. The number of benzene rings is 1. The number of carbonyl (C=O) groups is 2. The maximum atomic E-state index is 12.1. The average molecular weight is 700 g/mol. The van der Waals surface area contributed by atoms with E-state index in [0.717, 1.165) is 37.9 Å². The van der Waals surface area contributed by atoms with E-state index in [-0.39, 0.29) is 25.2 Å². The zero-order valence-electron chi connectivity index (χ0n) is 30.4. The molecule has 0 aliphatic carbocycles. The van der Waals surface area contributed by atoms with Gasteiger partial charge in [0.2, 0.25) is 0 Å². The van der Waals surface area contributed by atoms with Crippen molar-refractivity contribution in [2.75, 3.05) is 118 Å². The van der Waals surface area contributed by atoms with Crippen LogP contribution in [0.15, 0.2) is 24.3 Å². The monoisotopic (exact) mass is 699 g/mol. The summed E-state index contributed by atoms with van der Waals surface area (Å²) in [4.78, 5) is 23.8. The third-order valence-electron chi connectivity index (χ3n) is 7.15. The van der Waals surface area contributed by atoms with E-state index in [1.165, 1.54) is 32.1 Å². The third kappa shape index (κ3) is 30.2. The first-order valence-electron chi connectivity index (χ1n) is 18.4. The van der Waals surface area contributed by atoms with E-state index in [0.29, 0.717) is 104 Å². The third-order valence-corrected chi connectivity index (χ3v) is 7.15. The van der Waals surface area contributed by atoms with Crippen molar-refractivity contribution in [3.05, 3.63) is 29.8 Å². The van der Waals surface area contributed by atoms with Crippen LogP contribution >= 0.6 is 0 Å². The van der Waals surface area contributed by atoms with Gasteiger partial charge >= 0.3 is 11.9 Å². The van der Waals surface area contributed by atoms with Crippen LogP contribution < -0.4 is 5.32 Å². The maximum Gasteiger partial charge on any atom is 0.338 e. The normalized spacial score (nSPS) is 11.1. The molecule has 0 aromatic heterocycles. The largest absolute Gasteiger partial charge is 0.463 e. The Hall–Kier alpha value is -2.32. The van der Waals surface area contributed by atoms with Crippen LogP contribution in [0.4, 0.5) is 5.69 Å². The fourth-order valence-corrected chi connectivity index (χ4v) is 4.34. The fourth-order valence-electron chi connectivity index (χ4n) is 4.34. The van der Waals surface area contributed by atoms with Crippen LogP contribution in [0.2, 0.25) is 0 Å². The van der Waals surface area contributed by atoms with E-state index >= 15 is 0 Å². The molecule has 0 saturated heterocycles. The van der Waals surface area contributed by atoms with Crippen LogP contribution in [0.3, 0.4) is 0 Å². The van der Waals surface area contributed by atoms with Gasteiger partial charge in [0.05, 0.1) is 98.1 Å². The smallest absolute Gasteiger partial charge is 0.338 e. The first-order valence-corrected chi connectivity index (χ1v) is 18.4. The molecular weight excluding hydrogens is 634 g/mol. The molecule has 284 valence electrons. The number of unbranched alkanes of at least 4 members (excludes halogenated alkanes) is 7. The minimum atomic E-state index is -0.362. The number of esters is 2. The number of nitrogens with one attached hydrogen (secondary N) is 1. The molecule has 1 N–H and O–H groups in total. The predicted molar refractivity (Wildman–Crippen MR) is 189 cm³/mol.